The van der Waals surface area contributed by atoms with E-state index in [2.05, 4.69) is 10.0 Å². The van der Waals surface area contributed by atoms with Crippen LogP contribution in [0.4, 0.5) is 10.1 Å². The summed E-state index contributed by atoms with van der Waals surface area (Å²) in [5.41, 5.74) is 13.8. The Hall–Kier alpha value is -1.71. The number of anilines is 1. The fraction of sp³-hybridized carbons (Fsp3) is 0.111. The third-order valence-electron chi connectivity index (χ3n) is 1.69. The lowest BCUT2D eigenvalue weighted by Crippen LogP contribution is -1.92. The second-order valence-corrected chi connectivity index (χ2v) is 3.07. The maximum atomic E-state index is 13.2. The monoisotopic (exact) mass is 226 g/mol. The highest BCUT2D eigenvalue weighted by molar-refractivity contribution is 6.32. The molecule has 0 heterocycles. The molecule has 1 aromatic carbocycles. The van der Waals surface area contributed by atoms with E-state index in [1.165, 1.54) is 6.07 Å². The average molecular weight is 227 g/mol. The molecule has 0 amide bonds. The average Bonchev–Trinajstić information content (AvgIpc) is 2.24. The minimum atomic E-state index is -0.636. The number of hydrogen-bond donors (Lipinski definition) is 1. The van der Waals surface area contributed by atoms with Gasteiger partial charge >= 0.3 is 0 Å². The van der Waals surface area contributed by atoms with Gasteiger partial charge in [-0.3, -0.25) is 0 Å². The van der Waals surface area contributed by atoms with E-state index in [1.54, 1.807) is 18.2 Å². The zero-order valence-corrected chi connectivity index (χ0v) is 8.45. The summed E-state index contributed by atoms with van der Waals surface area (Å²) >= 11 is 5.70. The first-order valence-corrected chi connectivity index (χ1v) is 4.45. The van der Waals surface area contributed by atoms with Crippen molar-refractivity contribution in [1.29, 1.82) is 0 Å². The van der Waals surface area contributed by atoms with Gasteiger partial charge in [0.2, 0.25) is 0 Å². The zero-order chi connectivity index (χ0) is 11.3. The third kappa shape index (κ3) is 2.87. The summed E-state index contributed by atoms with van der Waals surface area (Å²) in [6.45, 7) is 0.193. The Bertz CT molecular complexity index is 438. The van der Waals surface area contributed by atoms with Crippen LogP contribution in [0.1, 0.15) is 5.56 Å². The molecule has 1 rings (SSSR count). The maximum Gasteiger partial charge on any atom is 0.165 e. The molecule has 6 heteroatoms. The Kier molecular flexibility index (Phi) is 3.97. The lowest BCUT2D eigenvalue weighted by molar-refractivity contribution is 0.632. The molecule has 2 N–H and O–H groups in total. The van der Waals surface area contributed by atoms with Crippen molar-refractivity contribution in [1.82, 2.24) is 0 Å². The van der Waals surface area contributed by atoms with E-state index in [-0.39, 0.29) is 17.3 Å². The molecule has 0 spiro atoms. The molecule has 0 saturated carbocycles. The lowest BCUT2D eigenvalue weighted by Gasteiger charge is -2.02. The Morgan fingerprint density at radius 2 is 2.33 bits per heavy atom. The SMILES string of the molecule is [N-]=[N+]=NCC=Cc1ccc(N)c(F)c1Cl. The number of nitrogens with two attached hydrogens (primary N) is 1. The van der Waals surface area contributed by atoms with Gasteiger partial charge in [0.1, 0.15) is 0 Å². The third-order valence-corrected chi connectivity index (χ3v) is 2.07. The summed E-state index contributed by atoms with van der Waals surface area (Å²) < 4.78 is 13.2. The Labute approximate surface area is 90.8 Å². The van der Waals surface area contributed by atoms with Gasteiger partial charge < -0.3 is 5.73 Å². The number of benzene rings is 1. The first-order chi connectivity index (χ1) is 7.16. The largest absolute Gasteiger partial charge is 0.396 e. The van der Waals surface area contributed by atoms with Crippen LogP contribution in [-0.4, -0.2) is 6.54 Å². The molecule has 0 saturated heterocycles. The van der Waals surface area contributed by atoms with Gasteiger partial charge in [-0.15, -0.1) is 0 Å². The Morgan fingerprint density at radius 1 is 1.60 bits per heavy atom. The van der Waals surface area contributed by atoms with Crippen molar-refractivity contribution in [2.75, 3.05) is 12.3 Å². The van der Waals surface area contributed by atoms with E-state index in [9.17, 15) is 4.39 Å². The van der Waals surface area contributed by atoms with Crippen LogP contribution in [0.3, 0.4) is 0 Å². The number of nitrogens with zero attached hydrogens (tertiary/aromatic N) is 3. The lowest BCUT2D eigenvalue weighted by atomic mass is 10.2. The smallest absolute Gasteiger partial charge is 0.165 e. The number of halogens is 2. The summed E-state index contributed by atoms with van der Waals surface area (Å²) in [6, 6.07) is 3.02. The van der Waals surface area contributed by atoms with Gasteiger partial charge in [0, 0.05) is 11.5 Å². The number of rotatable bonds is 3. The van der Waals surface area contributed by atoms with Crippen molar-refractivity contribution in [3.05, 3.63) is 45.1 Å². The van der Waals surface area contributed by atoms with E-state index in [0.29, 0.717) is 5.56 Å². The number of hydrogen-bond acceptors (Lipinski definition) is 2. The molecular formula is C9H8ClFN4. The van der Waals surface area contributed by atoms with Crippen molar-refractivity contribution in [2.24, 2.45) is 5.11 Å². The fourth-order valence-corrected chi connectivity index (χ4v) is 1.21. The quantitative estimate of drug-likeness (QED) is 0.365. The number of nitrogen functional groups attached to an aromatic ring is 1. The van der Waals surface area contributed by atoms with Crippen LogP contribution < -0.4 is 5.73 Å². The topological polar surface area (TPSA) is 74.8 Å². The first kappa shape index (κ1) is 11.4. The van der Waals surface area contributed by atoms with Crippen LogP contribution in [0.15, 0.2) is 23.3 Å². The maximum absolute atomic E-state index is 13.2. The summed E-state index contributed by atoms with van der Waals surface area (Å²) in [5.74, 6) is -0.636. The first-order valence-electron chi connectivity index (χ1n) is 4.07. The molecule has 0 unspecified atom stereocenters. The summed E-state index contributed by atoms with van der Waals surface area (Å²) in [6.07, 6.45) is 3.15. The Balaban J connectivity index is 2.91. The van der Waals surface area contributed by atoms with Crippen molar-refractivity contribution in [2.45, 2.75) is 0 Å². The minimum absolute atomic E-state index is 0.00666. The van der Waals surface area contributed by atoms with Crippen LogP contribution in [-0.2, 0) is 0 Å². The highest BCUT2D eigenvalue weighted by atomic mass is 35.5. The van der Waals surface area contributed by atoms with Crippen molar-refractivity contribution >= 4 is 23.4 Å². The highest BCUT2D eigenvalue weighted by Crippen LogP contribution is 2.25. The molecule has 78 valence electrons. The van der Waals surface area contributed by atoms with E-state index >= 15 is 0 Å². The predicted octanol–water partition coefficient (Wildman–Crippen LogP) is 3.38. The van der Waals surface area contributed by atoms with Gasteiger partial charge in [-0.2, -0.15) is 0 Å². The van der Waals surface area contributed by atoms with Gasteiger partial charge in [0.15, 0.2) is 5.82 Å². The Morgan fingerprint density at radius 3 is 3.00 bits per heavy atom. The van der Waals surface area contributed by atoms with E-state index in [1.807, 2.05) is 0 Å². The molecule has 4 nitrogen and oxygen atoms in total. The van der Waals surface area contributed by atoms with Crippen molar-refractivity contribution < 1.29 is 4.39 Å². The molecule has 15 heavy (non-hydrogen) atoms. The summed E-state index contributed by atoms with van der Waals surface area (Å²) in [4.78, 5) is 2.57. The predicted molar refractivity (Wildman–Crippen MR) is 58.9 cm³/mol. The molecule has 0 fully saturated rings. The summed E-state index contributed by atoms with van der Waals surface area (Å²) in [7, 11) is 0. The molecule has 0 aliphatic heterocycles. The second kappa shape index (κ2) is 5.24. The minimum Gasteiger partial charge on any atom is -0.396 e. The fourth-order valence-electron chi connectivity index (χ4n) is 0.971. The highest BCUT2D eigenvalue weighted by Gasteiger charge is 2.06. The molecule has 0 atom stereocenters. The molecular weight excluding hydrogens is 219 g/mol. The zero-order valence-electron chi connectivity index (χ0n) is 7.69. The molecule has 0 radical (unpaired) electrons. The number of azide groups is 1. The van der Waals surface area contributed by atoms with Gasteiger partial charge in [0.05, 0.1) is 10.7 Å². The van der Waals surface area contributed by atoms with Crippen molar-refractivity contribution in [3.63, 3.8) is 0 Å². The van der Waals surface area contributed by atoms with Crippen molar-refractivity contribution in [3.8, 4) is 0 Å². The molecule has 0 bridgehead atoms. The summed E-state index contributed by atoms with van der Waals surface area (Å²) in [5, 5.41) is 3.25. The van der Waals surface area contributed by atoms with Crippen LogP contribution in [0.25, 0.3) is 16.5 Å². The van der Waals surface area contributed by atoms with Crippen LogP contribution in [0, 0.1) is 5.82 Å². The van der Waals surface area contributed by atoms with E-state index in [0.717, 1.165) is 0 Å². The normalized spacial score (nSPS) is 10.3. The molecule has 1 aromatic rings. The van der Waals surface area contributed by atoms with Gasteiger partial charge in [0.25, 0.3) is 0 Å². The van der Waals surface area contributed by atoms with Gasteiger partial charge in [-0.25, -0.2) is 4.39 Å². The van der Waals surface area contributed by atoms with Crippen LogP contribution in [0.5, 0.6) is 0 Å². The van der Waals surface area contributed by atoms with Gasteiger partial charge in [-0.05, 0) is 17.2 Å². The standard InChI is InChI=1S/C9H8ClFN4/c10-8-6(2-1-5-14-15-13)3-4-7(12)9(8)11/h1-4H,5,12H2. The molecule has 0 aromatic heterocycles. The van der Waals surface area contributed by atoms with Gasteiger partial charge in [-0.1, -0.05) is 34.9 Å². The molecule has 0 aliphatic rings. The second-order valence-electron chi connectivity index (χ2n) is 2.69. The van der Waals surface area contributed by atoms with Crippen LogP contribution >= 0.6 is 11.6 Å². The van der Waals surface area contributed by atoms with Crippen LogP contribution in [0.2, 0.25) is 5.02 Å². The van der Waals surface area contributed by atoms with E-state index in [4.69, 9.17) is 22.9 Å². The van der Waals surface area contributed by atoms with E-state index < -0.39 is 5.82 Å². The molecule has 0 aliphatic carbocycles.